The average Bonchev–Trinajstić information content (AvgIpc) is 2.46. The molecule has 134 valence electrons. The highest BCUT2D eigenvalue weighted by Gasteiger charge is 2.41. The second-order valence-corrected chi connectivity index (χ2v) is 9.39. The number of likely N-dealkylation sites (tertiary alicyclic amines) is 1. The highest BCUT2D eigenvalue weighted by atomic mass is 15.4. The van der Waals surface area contributed by atoms with E-state index in [1.807, 2.05) is 0 Å². The lowest BCUT2D eigenvalue weighted by molar-refractivity contribution is -0.0646. The molecule has 3 heteroatoms. The van der Waals surface area contributed by atoms with Gasteiger partial charge in [0.25, 0.3) is 0 Å². The first kappa shape index (κ1) is 17.7. The van der Waals surface area contributed by atoms with Crippen molar-refractivity contribution in [2.24, 2.45) is 5.92 Å². The topological polar surface area (TPSA) is 9.72 Å². The third-order valence-electron chi connectivity index (χ3n) is 6.90. The molecule has 2 heterocycles. The fraction of sp³-hybridized carbons (Fsp3) is 1.00. The van der Waals surface area contributed by atoms with Crippen LogP contribution in [0.25, 0.3) is 0 Å². The fourth-order valence-corrected chi connectivity index (χ4v) is 5.01. The third kappa shape index (κ3) is 3.93. The normalized spacial score (nSPS) is 36.1. The van der Waals surface area contributed by atoms with Gasteiger partial charge in [-0.1, -0.05) is 13.3 Å². The van der Waals surface area contributed by atoms with Crippen LogP contribution in [0.5, 0.6) is 0 Å². The average molecular weight is 322 g/mol. The second-order valence-electron chi connectivity index (χ2n) is 9.39. The molecule has 0 spiro atoms. The minimum Gasteiger partial charge on any atom is -0.298 e. The van der Waals surface area contributed by atoms with Gasteiger partial charge in [0, 0.05) is 56.4 Å². The smallest absolute Gasteiger partial charge is 0.0354 e. The molecular weight excluding hydrogens is 282 g/mol. The molecule has 1 saturated carbocycles. The Morgan fingerprint density at radius 2 is 1.52 bits per heavy atom. The quantitative estimate of drug-likeness (QED) is 0.788. The summed E-state index contributed by atoms with van der Waals surface area (Å²) < 4.78 is 0. The Hall–Kier alpha value is -0.120. The Labute approximate surface area is 144 Å². The van der Waals surface area contributed by atoms with Crippen molar-refractivity contribution in [3.8, 4) is 0 Å². The van der Waals surface area contributed by atoms with Gasteiger partial charge in [-0.25, -0.2) is 0 Å². The van der Waals surface area contributed by atoms with E-state index in [1.165, 1.54) is 64.8 Å². The first-order valence-electron chi connectivity index (χ1n) is 10.1. The first-order valence-corrected chi connectivity index (χ1v) is 10.1. The molecule has 0 unspecified atom stereocenters. The molecule has 3 fully saturated rings. The molecule has 0 aromatic heterocycles. The van der Waals surface area contributed by atoms with Crippen molar-refractivity contribution in [1.29, 1.82) is 0 Å². The van der Waals surface area contributed by atoms with Crippen molar-refractivity contribution < 1.29 is 0 Å². The monoisotopic (exact) mass is 321 g/mol. The van der Waals surface area contributed by atoms with Crippen LogP contribution >= 0.6 is 0 Å². The highest BCUT2D eigenvalue weighted by Crippen LogP contribution is 2.32. The molecule has 0 radical (unpaired) electrons. The Kier molecular flexibility index (Phi) is 5.40. The minimum atomic E-state index is 0.347. The summed E-state index contributed by atoms with van der Waals surface area (Å²) in [7, 11) is 0. The SMILES string of the molecule is CCC1CCC(N2CCN(C3CN(C(C)(C)C)C3)[C@H](C)C2)CC1. The van der Waals surface area contributed by atoms with Gasteiger partial charge >= 0.3 is 0 Å². The lowest BCUT2D eigenvalue weighted by Crippen LogP contribution is -2.69. The van der Waals surface area contributed by atoms with E-state index in [2.05, 4.69) is 49.3 Å². The van der Waals surface area contributed by atoms with Crippen molar-refractivity contribution in [3.05, 3.63) is 0 Å². The Morgan fingerprint density at radius 1 is 0.870 bits per heavy atom. The molecule has 0 bridgehead atoms. The van der Waals surface area contributed by atoms with E-state index in [0.29, 0.717) is 5.54 Å². The van der Waals surface area contributed by atoms with E-state index in [9.17, 15) is 0 Å². The summed E-state index contributed by atoms with van der Waals surface area (Å²) in [4.78, 5) is 8.26. The molecule has 3 rings (SSSR count). The molecule has 1 aliphatic carbocycles. The lowest BCUT2D eigenvalue weighted by atomic mass is 9.83. The summed E-state index contributed by atoms with van der Waals surface area (Å²) in [6.07, 6.45) is 7.24. The Bertz CT molecular complexity index is 375. The van der Waals surface area contributed by atoms with Gasteiger partial charge in [0.15, 0.2) is 0 Å². The van der Waals surface area contributed by atoms with Crippen LogP contribution in [0.3, 0.4) is 0 Å². The zero-order valence-corrected chi connectivity index (χ0v) is 16.2. The Morgan fingerprint density at radius 3 is 2.04 bits per heavy atom. The van der Waals surface area contributed by atoms with E-state index in [0.717, 1.165) is 24.0 Å². The van der Waals surface area contributed by atoms with Crippen molar-refractivity contribution in [1.82, 2.24) is 14.7 Å². The molecule has 3 nitrogen and oxygen atoms in total. The number of hydrogen-bond acceptors (Lipinski definition) is 3. The Balaban J connectivity index is 1.45. The molecule has 0 aromatic rings. The van der Waals surface area contributed by atoms with Gasteiger partial charge in [-0.15, -0.1) is 0 Å². The number of nitrogens with zero attached hydrogens (tertiary/aromatic N) is 3. The van der Waals surface area contributed by atoms with E-state index in [4.69, 9.17) is 0 Å². The standard InChI is InChI=1S/C20H39N3/c1-6-17-7-9-18(10-8-17)21-11-12-23(16(2)13-21)19-14-22(15-19)20(3,4)5/h16-19H,6-15H2,1-5H3/t16-,17?,18?/m1/s1. The van der Waals surface area contributed by atoms with Crippen molar-refractivity contribution in [2.45, 2.75) is 90.4 Å². The molecule has 2 saturated heterocycles. The number of piperazine rings is 1. The summed E-state index contributed by atoms with van der Waals surface area (Å²) in [6, 6.07) is 2.43. The third-order valence-corrected chi connectivity index (χ3v) is 6.90. The summed E-state index contributed by atoms with van der Waals surface area (Å²) >= 11 is 0. The van der Waals surface area contributed by atoms with Gasteiger partial charge in [-0.05, 0) is 59.3 Å². The molecular formula is C20H39N3. The van der Waals surface area contributed by atoms with Crippen LogP contribution in [0.4, 0.5) is 0 Å². The first-order chi connectivity index (χ1) is 10.9. The van der Waals surface area contributed by atoms with Gasteiger partial charge in [0.05, 0.1) is 0 Å². The van der Waals surface area contributed by atoms with Crippen LogP contribution in [0.15, 0.2) is 0 Å². The van der Waals surface area contributed by atoms with Crippen LogP contribution in [0, 0.1) is 5.92 Å². The largest absolute Gasteiger partial charge is 0.298 e. The van der Waals surface area contributed by atoms with Crippen molar-refractivity contribution in [2.75, 3.05) is 32.7 Å². The van der Waals surface area contributed by atoms with E-state index < -0.39 is 0 Å². The predicted molar refractivity (Wildman–Crippen MR) is 98.9 cm³/mol. The van der Waals surface area contributed by atoms with Crippen LogP contribution < -0.4 is 0 Å². The van der Waals surface area contributed by atoms with Crippen molar-refractivity contribution >= 4 is 0 Å². The molecule has 0 amide bonds. The van der Waals surface area contributed by atoms with Gasteiger partial charge in [-0.2, -0.15) is 0 Å². The van der Waals surface area contributed by atoms with Gasteiger partial charge in [0.2, 0.25) is 0 Å². The van der Waals surface area contributed by atoms with Gasteiger partial charge < -0.3 is 0 Å². The van der Waals surface area contributed by atoms with Crippen LogP contribution in [-0.4, -0.2) is 71.1 Å². The second kappa shape index (κ2) is 7.01. The molecule has 2 aliphatic heterocycles. The number of hydrogen-bond donors (Lipinski definition) is 0. The van der Waals surface area contributed by atoms with Crippen molar-refractivity contribution in [3.63, 3.8) is 0 Å². The summed E-state index contributed by atoms with van der Waals surface area (Å²) in [5.41, 5.74) is 0.347. The molecule has 3 aliphatic rings. The molecule has 0 N–H and O–H groups in total. The predicted octanol–water partition coefficient (Wildman–Crippen LogP) is 3.44. The highest BCUT2D eigenvalue weighted by molar-refractivity contribution is 4.98. The van der Waals surface area contributed by atoms with Crippen LogP contribution in [0.2, 0.25) is 0 Å². The maximum atomic E-state index is 2.83. The maximum Gasteiger partial charge on any atom is 0.0354 e. The number of rotatable bonds is 3. The van der Waals surface area contributed by atoms with E-state index in [1.54, 1.807) is 0 Å². The van der Waals surface area contributed by atoms with E-state index in [-0.39, 0.29) is 0 Å². The molecule has 0 aromatic carbocycles. The molecule has 1 atom stereocenters. The summed E-state index contributed by atoms with van der Waals surface area (Å²) in [5.74, 6) is 1.02. The zero-order chi connectivity index (χ0) is 16.6. The minimum absolute atomic E-state index is 0.347. The maximum absolute atomic E-state index is 2.83. The van der Waals surface area contributed by atoms with Gasteiger partial charge in [-0.3, -0.25) is 14.7 Å². The molecule has 23 heavy (non-hydrogen) atoms. The summed E-state index contributed by atoms with van der Waals surface area (Å²) in [5, 5.41) is 0. The van der Waals surface area contributed by atoms with Gasteiger partial charge in [0.1, 0.15) is 0 Å². The zero-order valence-electron chi connectivity index (χ0n) is 16.2. The van der Waals surface area contributed by atoms with Crippen LogP contribution in [-0.2, 0) is 0 Å². The lowest BCUT2D eigenvalue weighted by Gasteiger charge is -2.55. The summed E-state index contributed by atoms with van der Waals surface area (Å²) in [6.45, 7) is 18.3. The fourth-order valence-electron chi connectivity index (χ4n) is 5.01. The van der Waals surface area contributed by atoms with E-state index >= 15 is 0 Å². The van der Waals surface area contributed by atoms with Crippen LogP contribution in [0.1, 0.15) is 66.7 Å².